The predicted octanol–water partition coefficient (Wildman–Crippen LogP) is 2.15. The number of carbonyl (C=O) groups is 2. The summed E-state index contributed by atoms with van der Waals surface area (Å²) in [4.78, 5) is 24.7. The molecule has 1 fully saturated rings. The molecule has 0 radical (unpaired) electrons. The van der Waals surface area contributed by atoms with Gasteiger partial charge < -0.3 is 14.7 Å². The number of likely N-dealkylation sites (tertiary alicyclic amines) is 1. The Hall–Kier alpha value is -1.56. The van der Waals surface area contributed by atoms with E-state index in [9.17, 15) is 9.59 Å². The molecule has 1 aliphatic rings. The Kier molecular flexibility index (Phi) is 4.42. The third-order valence-electron chi connectivity index (χ3n) is 3.00. The molecule has 2 rings (SSSR count). The van der Waals surface area contributed by atoms with Gasteiger partial charge in [-0.05, 0) is 40.9 Å². The standard InChI is InChI=1S/C13H14BrNO4/c14-10-5-3-4-9(13(17)18)12(10)19-8-11(16)15-6-1-2-7-15/h3-5H,1-2,6-8H2,(H,17,18). The van der Waals surface area contributed by atoms with Gasteiger partial charge >= 0.3 is 5.97 Å². The lowest BCUT2D eigenvalue weighted by atomic mass is 10.2. The lowest BCUT2D eigenvalue weighted by molar-refractivity contribution is -0.132. The van der Waals surface area contributed by atoms with Crippen LogP contribution < -0.4 is 4.74 Å². The van der Waals surface area contributed by atoms with E-state index < -0.39 is 5.97 Å². The lowest BCUT2D eigenvalue weighted by Crippen LogP contribution is -2.32. The molecule has 0 bridgehead atoms. The average molecular weight is 328 g/mol. The molecular weight excluding hydrogens is 314 g/mol. The number of rotatable bonds is 4. The maximum atomic E-state index is 11.8. The molecule has 1 heterocycles. The molecule has 0 spiro atoms. The number of nitrogens with zero attached hydrogens (tertiary/aromatic N) is 1. The number of halogens is 1. The molecule has 1 saturated heterocycles. The molecule has 1 aliphatic heterocycles. The Bertz CT molecular complexity index is 497. The van der Waals surface area contributed by atoms with Crippen molar-refractivity contribution in [2.45, 2.75) is 12.8 Å². The van der Waals surface area contributed by atoms with E-state index in [0.717, 1.165) is 25.9 Å². The fourth-order valence-electron chi connectivity index (χ4n) is 2.02. The van der Waals surface area contributed by atoms with Crippen molar-refractivity contribution >= 4 is 27.8 Å². The summed E-state index contributed by atoms with van der Waals surface area (Å²) < 4.78 is 5.91. The van der Waals surface area contributed by atoms with Crippen molar-refractivity contribution in [3.8, 4) is 5.75 Å². The van der Waals surface area contributed by atoms with Gasteiger partial charge in [0.1, 0.15) is 11.3 Å². The predicted molar refractivity (Wildman–Crippen MR) is 72.4 cm³/mol. The molecule has 1 aromatic rings. The Morgan fingerprint density at radius 2 is 2.00 bits per heavy atom. The van der Waals surface area contributed by atoms with Gasteiger partial charge in [-0.3, -0.25) is 4.79 Å². The molecule has 0 saturated carbocycles. The van der Waals surface area contributed by atoms with E-state index in [2.05, 4.69) is 15.9 Å². The monoisotopic (exact) mass is 327 g/mol. The summed E-state index contributed by atoms with van der Waals surface area (Å²) in [5.41, 5.74) is 0.0450. The van der Waals surface area contributed by atoms with Gasteiger partial charge in [-0.2, -0.15) is 0 Å². The van der Waals surface area contributed by atoms with Crippen molar-refractivity contribution in [3.05, 3.63) is 28.2 Å². The molecule has 102 valence electrons. The molecule has 1 aromatic carbocycles. The van der Waals surface area contributed by atoms with Gasteiger partial charge in [0, 0.05) is 13.1 Å². The summed E-state index contributed by atoms with van der Waals surface area (Å²) >= 11 is 3.24. The zero-order chi connectivity index (χ0) is 13.8. The fraction of sp³-hybridized carbons (Fsp3) is 0.385. The number of carboxylic acids is 1. The van der Waals surface area contributed by atoms with Crippen LogP contribution in [-0.4, -0.2) is 41.6 Å². The molecule has 0 aliphatic carbocycles. The minimum atomic E-state index is -1.08. The molecule has 0 atom stereocenters. The Morgan fingerprint density at radius 3 is 2.63 bits per heavy atom. The highest BCUT2D eigenvalue weighted by atomic mass is 79.9. The maximum absolute atomic E-state index is 11.8. The molecular formula is C13H14BrNO4. The molecule has 1 N–H and O–H groups in total. The quantitative estimate of drug-likeness (QED) is 0.920. The second-order valence-corrected chi connectivity index (χ2v) is 5.15. The summed E-state index contributed by atoms with van der Waals surface area (Å²) in [5, 5.41) is 9.07. The largest absolute Gasteiger partial charge is 0.482 e. The highest BCUT2D eigenvalue weighted by Crippen LogP contribution is 2.29. The Labute approximate surface area is 119 Å². The van der Waals surface area contributed by atoms with Gasteiger partial charge in [0.15, 0.2) is 6.61 Å². The SMILES string of the molecule is O=C(O)c1cccc(Br)c1OCC(=O)N1CCCC1. The summed E-state index contributed by atoms with van der Waals surface area (Å²) in [5.74, 6) is -0.989. The van der Waals surface area contributed by atoms with Gasteiger partial charge in [-0.25, -0.2) is 4.79 Å². The molecule has 1 amide bonds. The molecule has 0 aromatic heterocycles. The van der Waals surface area contributed by atoms with Crippen molar-refractivity contribution in [3.63, 3.8) is 0 Å². The highest BCUT2D eigenvalue weighted by molar-refractivity contribution is 9.10. The van der Waals surface area contributed by atoms with Gasteiger partial charge in [0.25, 0.3) is 5.91 Å². The van der Waals surface area contributed by atoms with Crippen molar-refractivity contribution in [1.82, 2.24) is 4.90 Å². The number of para-hydroxylation sites is 1. The van der Waals surface area contributed by atoms with Crippen molar-refractivity contribution in [2.75, 3.05) is 19.7 Å². The minimum Gasteiger partial charge on any atom is -0.482 e. The second-order valence-electron chi connectivity index (χ2n) is 4.30. The van der Waals surface area contributed by atoms with Gasteiger partial charge in [0.05, 0.1) is 4.47 Å². The average Bonchev–Trinajstić information content (AvgIpc) is 2.90. The van der Waals surface area contributed by atoms with Crippen LogP contribution in [0.1, 0.15) is 23.2 Å². The van der Waals surface area contributed by atoms with E-state index in [1.165, 1.54) is 6.07 Å². The van der Waals surface area contributed by atoms with E-state index in [0.29, 0.717) is 4.47 Å². The number of hydrogen-bond donors (Lipinski definition) is 1. The zero-order valence-electron chi connectivity index (χ0n) is 10.3. The minimum absolute atomic E-state index is 0.0450. The zero-order valence-corrected chi connectivity index (χ0v) is 11.9. The third kappa shape index (κ3) is 3.26. The molecule has 0 unspecified atom stereocenters. The Morgan fingerprint density at radius 1 is 1.32 bits per heavy atom. The van der Waals surface area contributed by atoms with Crippen LogP contribution in [0, 0.1) is 0 Å². The summed E-state index contributed by atoms with van der Waals surface area (Å²) in [7, 11) is 0. The number of ether oxygens (including phenoxy) is 1. The third-order valence-corrected chi connectivity index (χ3v) is 3.62. The number of benzene rings is 1. The number of hydrogen-bond acceptors (Lipinski definition) is 3. The van der Waals surface area contributed by atoms with Gasteiger partial charge in [0.2, 0.25) is 0 Å². The van der Waals surface area contributed by atoms with E-state index in [4.69, 9.17) is 9.84 Å². The van der Waals surface area contributed by atoms with E-state index in [1.807, 2.05) is 0 Å². The van der Waals surface area contributed by atoms with Crippen LogP contribution in [0.15, 0.2) is 22.7 Å². The summed E-state index contributed by atoms with van der Waals surface area (Å²) in [6.07, 6.45) is 2.03. The van der Waals surface area contributed by atoms with Crippen LogP contribution in [-0.2, 0) is 4.79 Å². The molecule has 6 heteroatoms. The van der Waals surface area contributed by atoms with E-state index >= 15 is 0 Å². The van der Waals surface area contributed by atoms with Crippen LogP contribution in [0.3, 0.4) is 0 Å². The van der Waals surface area contributed by atoms with E-state index in [-0.39, 0.29) is 23.8 Å². The molecule has 19 heavy (non-hydrogen) atoms. The summed E-state index contributed by atoms with van der Waals surface area (Å²) in [6.45, 7) is 1.37. The summed E-state index contributed by atoms with van der Waals surface area (Å²) in [6, 6.07) is 4.74. The maximum Gasteiger partial charge on any atom is 0.339 e. The Balaban J connectivity index is 2.06. The van der Waals surface area contributed by atoms with Crippen LogP contribution >= 0.6 is 15.9 Å². The first kappa shape index (κ1) is 13.9. The fourth-order valence-corrected chi connectivity index (χ4v) is 2.50. The number of carboxylic acid groups (broad SMARTS) is 1. The number of carbonyl (C=O) groups excluding carboxylic acids is 1. The van der Waals surface area contributed by atoms with Crippen molar-refractivity contribution in [1.29, 1.82) is 0 Å². The number of amides is 1. The van der Waals surface area contributed by atoms with Crippen LogP contribution in [0.4, 0.5) is 0 Å². The normalized spacial score (nSPS) is 14.5. The van der Waals surface area contributed by atoms with Crippen LogP contribution in [0.2, 0.25) is 0 Å². The topological polar surface area (TPSA) is 66.8 Å². The van der Waals surface area contributed by atoms with Crippen LogP contribution in [0.5, 0.6) is 5.75 Å². The lowest BCUT2D eigenvalue weighted by Gasteiger charge is -2.16. The van der Waals surface area contributed by atoms with Gasteiger partial charge in [-0.15, -0.1) is 0 Å². The van der Waals surface area contributed by atoms with Crippen molar-refractivity contribution < 1.29 is 19.4 Å². The van der Waals surface area contributed by atoms with Crippen LogP contribution in [0.25, 0.3) is 0 Å². The molecule has 5 nitrogen and oxygen atoms in total. The van der Waals surface area contributed by atoms with Crippen molar-refractivity contribution in [2.24, 2.45) is 0 Å². The second kappa shape index (κ2) is 6.06. The first-order valence-corrected chi connectivity index (χ1v) is 6.81. The highest BCUT2D eigenvalue weighted by Gasteiger charge is 2.20. The number of aromatic carboxylic acids is 1. The first-order chi connectivity index (χ1) is 9.09. The smallest absolute Gasteiger partial charge is 0.339 e. The van der Waals surface area contributed by atoms with Gasteiger partial charge in [-0.1, -0.05) is 6.07 Å². The first-order valence-electron chi connectivity index (χ1n) is 6.02. The van der Waals surface area contributed by atoms with E-state index in [1.54, 1.807) is 17.0 Å².